The SMILES string of the molecule is C=N/C=C(\C=C(/C)F)c1cc(Cl)n2nc(C)c(C(C)C)c2n1. The standard InChI is InChI=1S/C16H18ClFN4/c1-9(2)15-11(4)21-22-14(17)7-13(20-16(15)22)12(8-19-5)6-10(3)18/h6-9H,5H2,1-4H3/b10-6+,12-8+. The summed E-state index contributed by atoms with van der Waals surface area (Å²) < 4.78 is 14.9. The molecule has 0 bridgehead atoms. The lowest BCUT2D eigenvalue weighted by atomic mass is 10.0. The first-order valence-electron chi connectivity index (χ1n) is 6.91. The number of hydrogen-bond donors (Lipinski definition) is 0. The molecule has 0 aliphatic heterocycles. The summed E-state index contributed by atoms with van der Waals surface area (Å²) in [5, 5.41) is 4.83. The minimum absolute atomic E-state index is 0.250. The molecule has 2 rings (SSSR count). The molecule has 4 nitrogen and oxygen atoms in total. The van der Waals surface area contributed by atoms with Gasteiger partial charge in [0.1, 0.15) is 5.15 Å². The summed E-state index contributed by atoms with van der Waals surface area (Å²) in [6.07, 6.45) is 2.80. The molecule has 2 heterocycles. The summed E-state index contributed by atoms with van der Waals surface area (Å²) in [7, 11) is 0. The van der Waals surface area contributed by atoms with E-state index in [1.54, 1.807) is 10.6 Å². The lowest BCUT2D eigenvalue weighted by Crippen LogP contribution is -1.98. The highest BCUT2D eigenvalue weighted by atomic mass is 35.5. The Morgan fingerprint density at radius 3 is 2.73 bits per heavy atom. The van der Waals surface area contributed by atoms with Gasteiger partial charge in [0.2, 0.25) is 0 Å². The van der Waals surface area contributed by atoms with Gasteiger partial charge < -0.3 is 0 Å². The number of allylic oxidation sites excluding steroid dienone is 3. The molecule has 0 spiro atoms. The molecule has 0 radical (unpaired) electrons. The van der Waals surface area contributed by atoms with Crippen LogP contribution < -0.4 is 0 Å². The van der Waals surface area contributed by atoms with Gasteiger partial charge in [-0.3, -0.25) is 4.99 Å². The Labute approximate surface area is 134 Å². The van der Waals surface area contributed by atoms with E-state index < -0.39 is 0 Å². The summed E-state index contributed by atoms with van der Waals surface area (Å²) in [5.74, 6) is -0.0961. The van der Waals surface area contributed by atoms with Crippen molar-refractivity contribution in [3.63, 3.8) is 0 Å². The van der Waals surface area contributed by atoms with Crippen LogP contribution in [-0.2, 0) is 0 Å². The van der Waals surface area contributed by atoms with E-state index in [1.165, 1.54) is 19.2 Å². The van der Waals surface area contributed by atoms with Crippen LogP contribution in [0.15, 0.2) is 29.2 Å². The largest absolute Gasteiger partial charge is 0.272 e. The second-order valence-corrected chi connectivity index (χ2v) is 5.74. The Morgan fingerprint density at radius 1 is 1.50 bits per heavy atom. The molecular weight excluding hydrogens is 303 g/mol. The second-order valence-electron chi connectivity index (χ2n) is 5.35. The lowest BCUT2D eigenvalue weighted by Gasteiger charge is -2.07. The number of rotatable bonds is 4. The van der Waals surface area contributed by atoms with E-state index in [0.29, 0.717) is 22.1 Å². The minimum Gasteiger partial charge on any atom is -0.272 e. The number of halogens is 2. The Morgan fingerprint density at radius 2 is 2.18 bits per heavy atom. The maximum absolute atomic E-state index is 13.3. The summed E-state index contributed by atoms with van der Waals surface area (Å²) in [5.41, 5.74) is 3.62. The summed E-state index contributed by atoms with van der Waals surface area (Å²) in [4.78, 5) is 8.31. The van der Waals surface area contributed by atoms with Gasteiger partial charge >= 0.3 is 0 Å². The Balaban J connectivity index is 2.76. The molecule has 0 aliphatic rings. The zero-order chi connectivity index (χ0) is 16.4. The van der Waals surface area contributed by atoms with Crippen molar-refractivity contribution in [1.82, 2.24) is 14.6 Å². The van der Waals surface area contributed by atoms with Gasteiger partial charge in [-0.1, -0.05) is 25.4 Å². The second kappa shape index (κ2) is 6.40. The van der Waals surface area contributed by atoms with Crippen LogP contribution in [0.25, 0.3) is 11.2 Å². The lowest BCUT2D eigenvalue weighted by molar-refractivity contribution is 0.641. The van der Waals surface area contributed by atoms with Crippen LogP contribution in [0, 0.1) is 6.92 Å². The maximum Gasteiger partial charge on any atom is 0.161 e. The molecule has 0 N–H and O–H groups in total. The van der Waals surface area contributed by atoms with Crippen LogP contribution in [-0.4, -0.2) is 21.3 Å². The first-order valence-corrected chi connectivity index (χ1v) is 7.29. The normalized spacial score (nSPS) is 13.2. The molecular formula is C16H18ClFN4. The van der Waals surface area contributed by atoms with Gasteiger partial charge in [-0.25, -0.2) is 13.9 Å². The molecule has 22 heavy (non-hydrogen) atoms. The van der Waals surface area contributed by atoms with E-state index in [4.69, 9.17) is 11.6 Å². The van der Waals surface area contributed by atoms with E-state index in [-0.39, 0.29) is 11.7 Å². The van der Waals surface area contributed by atoms with Crippen molar-refractivity contribution in [1.29, 1.82) is 0 Å². The highest BCUT2D eigenvalue weighted by Crippen LogP contribution is 2.28. The third kappa shape index (κ3) is 3.09. The van der Waals surface area contributed by atoms with E-state index in [2.05, 4.69) is 35.6 Å². The molecule has 0 amide bonds. The third-order valence-corrected chi connectivity index (χ3v) is 3.49. The van der Waals surface area contributed by atoms with Crippen molar-refractivity contribution in [2.24, 2.45) is 4.99 Å². The van der Waals surface area contributed by atoms with Crippen LogP contribution >= 0.6 is 11.6 Å². The van der Waals surface area contributed by atoms with Crippen molar-refractivity contribution in [2.75, 3.05) is 0 Å². The highest BCUT2D eigenvalue weighted by molar-refractivity contribution is 6.29. The fraction of sp³-hybridized carbons (Fsp3) is 0.312. The monoisotopic (exact) mass is 320 g/mol. The maximum atomic E-state index is 13.3. The molecule has 0 atom stereocenters. The van der Waals surface area contributed by atoms with Gasteiger partial charge in [-0.2, -0.15) is 5.10 Å². The van der Waals surface area contributed by atoms with Gasteiger partial charge in [0.25, 0.3) is 0 Å². The Hall–Kier alpha value is -2.01. The molecule has 116 valence electrons. The predicted octanol–water partition coefficient (Wildman–Crippen LogP) is 4.73. The summed E-state index contributed by atoms with van der Waals surface area (Å²) in [6, 6.07) is 1.64. The van der Waals surface area contributed by atoms with Crippen LogP contribution in [0.5, 0.6) is 0 Å². The summed E-state index contributed by atoms with van der Waals surface area (Å²) >= 11 is 6.31. The van der Waals surface area contributed by atoms with Crippen molar-refractivity contribution in [3.8, 4) is 0 Å². The van der Waals surface area contributed by atoms with Gasteiger partial charge in [0, 0.05) is 23.4 Å². The van der Waals surface area contributed by atoms with Gasteiger partial charge in [-0.05, 0) is 32.6 Å². The van der Waals surface area contributed by atoms with Gasteiger partial charge in [-0.15, -0.1) is 0 Å². The Bertz CT molecular complexity index is 783. The molecule has 0 unspecified atom stereocenters. The number of fused-ring (bicyclic) bond motifs is 1. The fourth-order valence-electron chi connectivity index (χ4n) is 2.42. The topological polar surface area (TPSA) is 42.5 Å². The third-order valence-electron chi connectivity index (χ3n) is 3.22. The molecule has 0 aromatic carbocycles. The fourth-order valence-corrected chi connectivity index (χ4v) is 2.64. The smallest absolute Gasteiger partial charge is 0.161 e. The predicted molar refractivity (Wildman–Crippen MR) is 89.2 cm³/mol. The van der Waals surface area contributed by atoms with Crippen LogP contribution in [0.4, 0.5) is 4.39 Å². The van der Waals surface area contributed by atoms with Crippen LogP contribution in [0.3, 0.4) is 0 Å². The molecule has 2 aromatic rings. The molecule has 0 saturated carbocycles. The number of aryl methyl sites for hydroxylation is 1. The quantitative estimate of drug-likeness (QED) is 0.464. The van der Waals surface area contributed by atoms with E-state index in [1.807, 2.05) is 6.92 Å². The number of aliphatic imine (C=N–C) groups is 1. The van der Waals surface area contributed by atoms with Crippen LogP contribution in [0.1, 0.15) is 43.6 Å². The van der Waals surface area contributed by atoms with E-state index in [0.717, 1.165) is 11.3 Å². The molecule has 0 saturated heterocycles. The number of aromatic nitrogens is 3. The number of hydrogen-bond acceptors (Lipinski definition) is 3. The van der Waals surface area contributed by atoms with E-state index >= 15 is 0 Å². The average Bonchev–Trinajstić information content (AvgIpc) is 2.74. The minimum atomic E-state index is -0.346. The van der Waals surface area contributed by atoms with Crippen LogP contribution in [0.2, 0.25) is 5.15 Å². The van der Waals surface area contributed by atoms with Crippen molar-refractivity contribution in [3.05, 3.63) is 46.3 Å². The van der Waals surface area contributed by atoms with Crippen molar-refractivity contribution < 1.29 is 4.39 Å². The molecule has 0 fully saturated rings. The summed E-state index contributed by atoms with van der Waals surface area (Å²) in [6.45, 7) is 10.8. The average molecular weight is 321 g/mol. The molecule has 6 heteroatoms. The zero-order valence-corrected chi connectivity index (χ0v) is 13.8. The zero-order valence-electron chi connectivity index (χ0n) is 13.1. The molecule has 0 aliphatic carbocycles. The first kappa shape index (κ1) is 16.4. The van der Waals surface area contributed by atoms with Gasteiger partial charge in [0.05, 0.1) is 17.2 Å². The molecule has 2 aromatic heterocycles. The number of nitrogens with zero attached hydrogens (tertiary/aromatic N) is 4. The van der Waals surface area contributed by atoms with Crippen molar-refractivity contribution in [2.45, 2.75) is 33.6 Å². The van der Waals surface area contributed by atoms with Crippen molar-refractivity contribution >= 4 is 29.5 Å². The first-order chi connectivity index (χ1) is 10.3. The van der Waals surface area contributed by atoms with Gasteiger partial charge in [0.15, 0.2) is 5.65 Å². The van der Waals surface area contributed by atoms with E-state index in [9.17, 15) is 4.39 Å². The highest BCUT2D eigenvalue weighted by Gasteiger charge is 2.17. The Kier molecular flexibility index (Phi) is 4.76.